The largest absolute Gasteiger partial charge is 0.383 e. The summed E-state index contributed by atoms with van der Waals surface area (Å²) in [4.78, 5) is 18.4. The van der Waals surface area contributed by atoms with Gasteiger partial charge in [-0.2, -0.15) is 4.98 Å². The van der Waals surface area contributed by atoms with Crippen molar-refractivity contribution in [2.75, 3.05) is 31.9 Å². The molecule has 1 saturated carbocycles. The number of benzene rings is 1. The maximum atomic E-state index is 12.0. The molecule has 0 spiro atoms. The highest BCUT2D eigenvalue weighted by Gasteiger charge is 2.54. The Bertz CT molecular complexity index is 845. The van der Waals surface area contributed by atoms with Crippen LogP contribution in [-0.4, -0.2) is 40.6 Å². The van der Waals surface area contributed by atoms with E-state index in [4.69, 9.17) is 11.5 Å². The van der Waals surface area contributed by atoms with Crippen LogP contribution in [0.2, 0.25) is 0 Å². The third-order valence-electron chi connectivity index (χ3n) is 6.09. The molecule has 2 aliphatic rings. The minimum Gasteiger partial charge on any atom is -0.383 e. The van der Waals surface area contributed by atoms with Crippen LogP contribution in [0, 0.1) is 17.8 Å². The number of hydrogen-bond donors (Lipinski definition) is 2. The lowest BCUT2D eigenvalue weighted by Gasteiger charge is -2.32. The number of rotatable bonds is 5. The van der Waals surface area contributed by atoms with Gasteiger partial charge in [0.15, 0.2) is 0 Å². The van der Waals surface area contributed by atoms with Crippen molar-refractivity contribution in [2.45, 2.75) is 19.3 Å². The van der Waals surface area contributed by atoms with E-state index in [-0.39, 0.29) is 16.9 Å². The lowest BCUT2D eigenvalue weighted by Crippen LogP contribution is -2.37. The van der Waals surface area contributed by atoms with Crippen molar-refractivity contribution in [1.29, 1.82) is 0 Å². The average molecular weight is 353 g/mol. The van der Waals surface area contributed by atoms with E-state index in [1.54, 1.807) is 12.3 Å². The van der Waals surface area contributed by atoms with Crippen LogP contribution in [0.3, 0.4) is 0 Å². The summed E-state index contributed by atoms with van der Waals surface area (Å²) in [6.07, 6.45) is 1.66. The Balaban J connectivity index is 1.46. The Kier molecular flexibility index (Phi) is 4.12. The van der Waals surface area contributed by atoms with Gasteiger partial charge in [-0.15, -0.1) is 0 Å². The van der Waals surface area contributed by atoms with Crippen LogP contribution in [0.4, 0.5) is 5.82 Å². The molecule has 0 radical (unpaired) electrons. The van der Waals surface area contributed by atoms with Gasteiger partial charge in [-0.05, 0) is 48.1 Å². The molecule has 1 saturated heterocycles. The maximum Gasteiger partial charge on any atom is 0.354 e. The fourth-order valence-corrected chi connectivity index (χ4v) is 4.55. The van der Waals surface area contributed by atoms with Gasteiger partial charge in [-0.1, -0.05) is 26.0 Å². The zero-order valence-corrected chi connectivity index (χ0v) is 15.4. The van der Waals surface area contributed by atoms with Crippen molar-refractivity contribution in [3.63, 3.8) is 0 Å². The van der Waals surface area contributed by atoms with Crippen molar-refractivity contribution < 1.29 is 0 Å². The zero-order valence-electron chi connectivity index (χ0n) is 15.4. The van der Waals surface area contributed by atoms with Gasteiger partial charge in [0, 0.05) is 31.2 Å². The van der Waals surface area contributed by atoms with E-state index in [2.05, 4.69) is 35.9 Å². The highest BCUT2D eigenvalue weighted by molar-refractivity contribution is 5.38. The first-order valence-electron chi connectivity index (χ1n) is 9.27. The summed E-state index contributed by atoms with van der Waals surface area (Å²) >= 11 is 0. The molecular weight excluding hydrogens is 326 g/mol. The number of aromatic nitrogens is 2. The predicted molar refractivity (Wildman–Crippen MR) is 103 cm³/mol. The van der Waals surface area contributed by atoms with Crippen LogP contribution in [0.5, 0.6) is 0 Å². The number of fused-ring (bicyclic) bond motifs is 1. The van der Waals surface area contributed by atoms with Gasteiger partial charge in [0.1, 0.15) is 5.82 Å². The molecule has 26 heavy (non-hydrogen) atoms. The summed E-state index contributed by atoms with van der Waals surface area (Å²) < 4.78 is 1.51. The van der Waals surface area contributed by atoms with E-state index < -0.39 is 0 Å². The number of nitrogen functional groups attached to an aromatic ring is 1. The van der Waals surface area contributed by atoms with Crippen molar-refractivity contribution in [1.82, 2.24) is 14.5 Å². The highest BCUT2D eigenvalue weighted by atomic mass is 16.1. The molecule has 1 aromatic heterocycles. The fourth-order valence-electron chi connectivity index (χ4n) is 4.55. The summed E-state index contributed by atoms with van der Waals surface area (Å²) in [5, 5.41) is 0. The van der Waals surface area contributed by atoms with Crippen LogP contribution >= 0.6 is 0 Å². The minimum absolute atomic E-state index is 0.0534. The van der Waals surface area contributed by atoms with Crippen LogP contribution in [0.25, 0.3) is 5.69 Å². The van der Waals surface area contributed by atoms with Crippen molar-refractivity contribution in [2.24, 2.45) is 23.5 Å². The van der Waals surface area contributed by atoms with Crippen LogP contribution in [0.1, 0.15) is 19.4 Å². The SMILES string of the molecule is CC(C)(CN1C[C@@H]2C(CN)[C@@H]2C1)c1ccc(-n2ccc(N)nc2=O)cc1. The Morgan fingerprint density at radius 2 is 1.81 bits per heavy atom. The molecule has 0 bridgehead atoms. The van der Waals surface area contributed by atoms with E-state index in [0.29, 0.717) is 0 Å². The molecule has 1 unspecified atom stereocenters. The van der Waals surface area contributed by atoms with E-state index in [1.165, 1.54) is 23.2 Å². The number of hydrogen-bond acceptors (Lipinski definition) is 5. The van der Waals surface area contributed by atoms with Gasteiger partial charge in [0.05, 0.1) is 5.69 Å². The lowest BCUT2D eigenvalue weighted by atomic mass is 9.84. The summed E-state index contributed by atoms with van der Waals surface area (Å²) in [7, 11) is 0. The first-order valence-corrected chi connectivity index (χ1v) is 9.27. The molecule has 1 aliphatic heterocycles. The Labute approximate surface area is 153 Å². The topological polar surface area (TPSA) is 90.2 Å². The summed E-state index contributed by atoms with van der Waals surface area (Å²) in [6, 6.07) is 9.80. The summed E-state index contributed by atoms with van der Waals surface area (Å²) in [6.45, 7) is 8.81. The third-order valence-corrected chi connectivity index (χ3v) is 6.09. The predicted octanol–water partition coefficient (Wildman–Crippen LogP) is 1.23. The Morgan fingerprint density at radius 3 is 2.38 bits per heavy atom. The first-order chi connectivity index (χ1) is 12.4. The molecule has 6 heteroatoms. The van der Waals surface area contributed by atoms with E-state index in [0.717, 1.165) is 36.5 Å². The number of piperidine rings is 1. The molecule has 138 valence electrons. The summed E-state index contributed by atoms with van der Waals surface area (Å²) in [5.41, 5.74) is 13.1. The van der Waals surface area contributed by atoms with E-state index in [1.807, 2.05) is 12.1 Å². The molecule has 1 aliphatic carbocycles. The molecule has 0 amide bonds. The van der Waals surface area contributed by atoms with Crippen LogP contribution < -0.4 is 17.2 Å². The van der Waals surface area contributed by atoms with Gasteiger partial charge >= 0.3 is 5.69 Å². The number of nitrogens with zero attached hydrogens (tertiary/aromatic N) is 3. The second-order valence-corrected chi connectivity index (χ2v) is 8.36. The third kappa shape index (κ3) is 3.04. The van der Waals surface area contributed by atoms with Gasteiger partial charge < -0.3 is 16.4 Å². The quantitative estimate of drug-likeness (QED) is 0.844. The maximum absolute atomic E-state index is 12.0. The van der Waals surface area contributed by atoms with Crippen LogP contribution in [-0.2, 0) is 5.41 Å². The molecular formula is C20H27N5O. The minimum atomic E-state index is -0.359. The van der Waals surface area contributed by atoms with E-state index >= 15 is 0 Å². The molecule has 2 heterocycles. The highest BCUT2D eigenvalue weighted by Crippen LogP contribution is 2.51. The van der Waals surface area contributed by atoms with Gasteiger partial charge in [0.2, 0.25) is 0 Å². The fraction of sp³-hybridized carbons (Fsp3) is 0.500. The molecule has 1 aromatic carbocycles. The van der Waals surface area contributed by atoms with Gasteiger partial charge in [0.25, 0.3) is 0 Å². The second-order valence-electron chi connectivity index (χ2n) is 8.36. The zero-order chi connectivity index (χ0) is 18.5. The monoisotopic (exact) mass is 353 g/mol. The average Bonchev–Trinajstić information content (AvgIpc) is 3.08. The first kappa shape index (κ1) is 17.2. The number of likely N-dealkylation sites (tertiary alicyclic amines) is 1. The van der Waals surface area contributed by atoms with Gasteiger partial charge in [-0.3, -0.25) is 4.57 Å². The van der Waals surface area contributed by atoms with Crippen LogP contribution in [0.15, 0.2) is 41.3 Å². The van der Waals surface area contributed by atoms with Crippen molar-refractivity contribution in [3.05, 3.63) is 52.6 Å². The molecule has 4 N–H and O–H groups in total. The standard InChI is InChI=1S/C20H27N5O/c1-20(2,12-24-10-16-15(9-21)17(16)11-24)13-3-5-14(6-4-13)25-8-7-18(22)23-19(25)26/h3-8,15-17H,9-12,21H2,1-2H3,(H2,22,23,26)/t15?,16-,17+. The second kappa shape index (κ2) is 6.21. The van der Waals surface area contributed by atoms with Gasteiger partial charge in [-0.25, -0.2) is 4.79 Å². The normalized spacial score (nSPS) is 25.3. The smallest absolute Gasteiger partial charge is 0.354 e. The molecule has 3 atom stereocenters. The van der Waals surface area contributed by atoms with Crippen molar-refractivity contribution >= 4 is 5.82 Å². The van der Waals surface area contributed by atoms with E-state index in [9.17, 15) is 4.79 Å². The van der Waals surface area contributed by atoms with Crippen molar-refractivity contribution in [3.8, 4) is 5.69 Å². The summed E-state index contributed by atoms with van der Waals surface area (Å²) in [5.74, 6) is 2.65. The number of nitrogens with two attached hydrogens (primary N) is 2. The number of anilines is 1. The molecule has 4 rings (SSSR count). The molecule has 2 fully saturated rings. The Morgan fingerprint density at radius 1 is 1.15 bits per heavy atom. The molecule has 2 aromatic rings. The lowest BCUT2D eigenvalue weighted by molar-refractivity contribution is 0.234. The molecule has 6 nitrogen and oxygen atoms in total. The Hall–Kier alpha value is -2.18.